The Bertz CT molecular complexity index is 643. The van der Waals surface area contributed by atoms with Crippen LogP contribution in [-0.2, 0) is 6.42 Å². The maximum absolute atomic E-state index is 12.3. The number of ketones is 1. The molecule has 1 saturated carbocycles. The van der Waals surface area contributed by atoms with Crippen molar-refractivity contribution in [3.8, 4) is 0 Å². The van der Waals surface area contributed by atoms with Crippen molar-refractivity contribution in [1.82, 2.24) is 9.97 Å². The molecule has 1 aromatic rings. The van der Waals surface area contributed by atoms with Crippen LogP contribution in [-0.4, -0.2) is 46.1 Å². The van der Waals surface area contributed by atoms with Crippen LogP contribution in [0.25, 0.3) is 0 Å². The van der Waals surface area contributed by atoms with E-state index >= 15 is 0 Å². The third kappa shape index (κ3) is 2.66. The molecule has 0 spiro atoms. The normalized spacial score (nSPS) is 23.1. The number of nitrogens with one attached hydrogen (secondary N) is 1. The van der Waals surface area contributed by atoms with Gasteiger partial charge in [-0.2, -0.15) is 4.98 Å². The molecule has 2 heterocycles. The molecule has 0 radical (unpaired) electrons. The second kappa shape index (κ2) is 5.99. The molecule has 0 aromatic carbocycles. The fraction of sp³-hybridized carbons (Fsp3) is 0.722. The summed E-state index contributed by atoms with van der Waals surface area (Å²) < 4.78 is 0. The van der Waals surface area contributed by atoms with Crippen LogP contribution in [0.15, 0.2) is 0 Å². The SMILES string of the molecule is CC1CCN(c2nc3c(c(NC4(CO)CCC4)n2)C(=O)CC3)CC1. The van der Waals surface area contributed by atoms with Crippen molar-refractivity contribution in [3.63, 3.8) is 0 Å². The zero-order valence-corrected chi connectivity index (χ0v) is 14.3. The number of nitrogens with zero attached hydrogens (tertiary/aromatic N) is 3. The smallest absolute Gasteiger partial charge is 0.227 e. The van der Waals surface area contributed by atoms with E-state index in [1.807, 2.05) is 0 Å². The molecule has 130 valence electrons. The van der Waals surface area contributed by atoms with Gasteiger partial charge >= 0.3 is 0 Å². The molecule has 4 rings (SSSR count). The highest BCUT2D eigenvalue weighted by atomic mass is 16.3. The van der Waals surface area contributed by atoms with Crippen LogP contribution < -0.4 is 10.2 Å². The molecule has 1 saturated heterocycles. The number of fused-ring (bicyclic) bond motifs is 1. The highest BCUT2D eigenvalue weighted by molar-refractivity contribution is 6.04. The van der Waals surface area contributed by atoms with Crippen LogP contribution in [0.2, 0.25) is 0 Å². The molecule has 2 N–H and O–H groups in total. The second-order valence-corrected chi connectivity index (χ2v) is 7.70. The third-order valence-corrected chi connectivity index (χ3v) is 5.90. The van der Waals surface area contributed by atoms with E-state index in [1.165, 1.54) is 0 Å². The van der Waals surface area contributed by atoms with Gasteiger partial charge in [-0.1, -0.05) is 6.92 Å². The minimum atomic E-state index is -0.307. The predicted molar refractivity (Wildman–Crippen MR) is 92.6 cm³/mol. The predicted octanol–water partition coefficient (Wildman–Crippen LogP) is 2.17. The second-order valence-electron chi connectivity index (χ2n) is 7.70. The highest BCUT2D eigenvalue weighted by Gasteiger charge is 2.39. The summed E-state index contributed by atoms with van der Waals surface area (Å²) in [4.78, 5) is 24.0. The van der Waals surface area contributed by atoms with E-state index in [1.54, 1.807) is 0 Å². The van der Waals surface area contributed by atoms with Gasteiger partial charge < -0.3 is 15.3 Å². The molecule has 24 heavy (non-hydrogen) atoms. The molecular weight excluding hydrogens is 304 g/mol. The van der Waals surface area contributed by atoms with E-state index in [0.717, 1.165) is 62.8 Å². The maximum Gasteiger partial charge on any atom is 0.227 e. The third-order valence-electron chi connectivity index (χ3n) is 5.90. The average molecular weight is 330 g/mol. The number of Topliss-reactive ketones (excluding diaryl/α,β-unsaturated/α-hetero) is 1. The Labute approximate surface area is 142 Å². The van der Waals surface area contributed by atoms with Crippen molar-refractivity contribution in [1.29, 1.82) is 0 Å². The van der Waals surface area contributed by atoms with Gasteiger partial charge in [0.25, 0.3) is 0 Å². The number of hydrogen-bond acceptors (Lipinski definition) is 6. The number of carbonyl (C=O) groups is 1. The first-order chi connectivity index (χ1) is 11.6. The number of carbonyl (C=O) groups excluding carboxylic acids is 1. The summed E-state index contributed by atoms with van der Waals surface area (Å²) in [6.07, 6.45) is 6.48. The molecule has 0 bridgehead atoms. The van der Waals surface area contributed by atoms with Gasteiger partial charge in [-0.25, -0.2) is 4.98 Å². The van der Waals surface area contributed by atoms with E-state index in [9.17, 15) is 9.90 Å². The monoisotopic (exact) mass is 330 g/mol. The van der Waals surface area contributed by atoms with E-state index < -0.39 is 0 Å². The number of aromatic nitrogens is 2. The lowest BCUT2D eigenvalue weighted by atomic mass is 9.77. The Hall–Kier alpha value is -1.69. The lowest BCUT2D eigenvalue weighted by Gasteiger charge is -2.42. The minimum Gasteiger partial charge on any atom is -0.394 e. The van der Waals surface area contributed by atoms with Crippen molar-refractivity contribution in [3.05, 3.63) is 11.3 Å². The molecule has 1 aliphatic heterocycles. The Kier molecular flexibility index (Phi) is 3.95. The van der Waals surface area contributed by atoms with Gasteiger partial charge in [0.05, 0.1) is 23.4 Å². The molecule has 3 aliphatic rings. The summed E-state index contributed by atoms with van der Waals surface area (Å²) in [5, 5.41) is 13.2. The van der Waals surface area contributed by atoms with E-state index in [-0.39, 0.29) is 17.9 Å². The first-order valence-electron chi connectivity index (χ1n) is 9.18. The number of anilines is 2. The van der Waals surface area contributed by atoms with Crippen LogP contribution in [0.3, 0.4) is 0 Å². The maximum atomic E-state index is 12.3. The summed E-state index contributed by atoms with van der Waals surface area (Å²) in [6, 6.07) is 0. The summed E-state index contributed by atoms with van der Waals surface area (Å²) in [6.45, 7) is 4.31. The largest absolute Gasteiger partial charge is 0.394 e. The van der Waals surface area contributed by atoms with Crippen molar-refractivity contribution in [2.75, 3.05) is 29.9 Å². The highest BCUT2D eigenvalue weighted by Crippen LogP contribution is 2.38. The van der Waals surface area contributed by atoms with Crippen LogP contribution in [0.5, 0.6) is 0 Å². The molecule has 6 nitrogen and oxygen atoms in total. The average Bonchev–Trinajstić information content (AvgIpc) is 2.93. The first kappa shape index (κ1) is 15.8. The van der Waals surface area contributed by atoms with Gasteiger partial charge in [0.1, 0.15) is 5.82 Å². The Balaban J connectivity index is 1.67. The summed E-state index contributed by atoms with van der Waals surface area (Å²) >= 11 is 0. The number of rotatable bonds is 4. The summed E-state index contributed by atoms with van der Waals surface area (Å²) in [7, 11) is 0. The topological polar surface area (TPSA) is 78.3 Å². The molecule has 2 aliphatic carbocycles. The Morgan fingerprint density at radius 3 is 2.62 bits per heavy atom. The number of hydrogen-bond donors (Lipinski definition) is 2. The number of aliphatic hydroxyl groups excluding tert-OH is 1. The molecule has 0 atom stereocenters. The lowest BCUT2D eigenvalue weighted by molar-refractivity contribution is 0.0994. The van der Waals surface area contributed by atoms with Gasteiger partial charge in [-0.05, 0) is 44.4 Å². The zero-order valence-electron chi connectivity index (χ0n) is 14.3. The van der Waals surface area contributed by atoms with Crippen molar-refractivity contribution < 1.29 is 9.90 Å². The van der Waals surface area contributed by atoms with Gasteiger partial charge in [0.2, 0.25) is 5.95 Å². The molecule has 6 heteroatoms. The van der Waals surface area contributed by atoms with Crippen molar-refractivity contribution in [2.24, 2.45) is 5.92 Å². The van der Waals surface area contributed by atoms with E-state index in [2.05, 4.69) is 17.1 Å². The Morgan fingerprint density at radius 2 is 2.00 bits per heavy atom. The standard InChI is InChI=1S/C18H26N4O2/c1-12-5-9-22(10-6-12)17-19-13-3-4-14(24)15(13)16(20-17)21-18(11-23)7-2-8-18/h12,23H,2-11H2,1H3,(H,19,20,21). The Morgan fingerprint density at radius 1 is 1.25 bits per heavy atom. The first-order valence-corrected chi connectivity index (χ1v) is 9.18. The fourth-order valence-electron chi connectivity index (χ4n) is 3.94. The summed E-state index contributed by atoms with van der Waals surface area (Å²) in [5.74, 6) is 2.26. The molecule has 2 fully saturated rings. The van der Waals surface area contributed by atoms with Crippen LogP contribution >= 0.6 is 0 Å². The van der Waals surface area contributed by atoms with Crippen LogP contribution in [0, 0.1) is 5.92 Å². The van der Waals surface area contributed by atoms with Crippen molar-refractivity contribution >= 4 is 17.5 Å². The van der Waals surface area contributed by atoms with Gasteiger partial charge in [0, 0.05) is 19.5 Å². The molecule has 1 aromatic heterocycles. The number of aryl methyl sites for hydroxylation is 1. The zero-order chi connectivity index (χ0) is 16.7. The van der Waals surface area contributed by atoms with E-state index in [4.69, 9.17) is 9.97 Å². The molecular formula is C18H26N4O2. The van der Waals surface area contributed by atoms with Crippen molar-refractivity contribution in [2.45, 2.75) is 57.4 Å². The number of piperidine rings is 1. The van der Waals surface area contributed by atoms with Gasteiger partial charge in [-0.15, -0.1) is 0 Å². The fourth-order valence-corrected chi connectivity index (χ4v) is 3.94. The molecule has 0 amide bonds. The number of aliphatic hydroxyl groups is 1. The van der Waals surface area contributed by atoms with Crippen LogP contribution in [0.1, 0.15) is 61.5 Å². The quantitative estimate of drug-likeness (QED) is 0.881. The van der Waals surface area contributed by atoms with E-state index in [0.29, 0.717) is 24.2 Å². The minimum absolute atomic E-state index is 0.0799. The van der Waals surface area contributed by atoms with Gasteiger partial charge in [0.15, 0.2) is 5.78 Å². The summed E-state index contributed by atoms with van der Waals surface area (Å²) in [5.41, 5.74) is 1.22. The van der Waals surface area contributed by atoms with Gasteiger partial charge in [-0.3, -0.25) is 4.79 Å². The lowest BCUT2D eigenvalue weighted by Crippen LogP contribution is -2.49. The molecule has 0 unspecified atom stereocenters. The van der Waals surface area contributed by atoms with Crippen LogP contribution in [0.4, 0.5) is 11.8 Å².